The van der Waals surface area contributed by atoms with Crippen LogP contribution in [-0.2, 0) is 4.79 Å². The van der Waals surface area contributed by atoms with E-state index in [0.29, 0.717) is 6.42 Å². The largest absolute Gasteiger partial charge is 0.326 e. The molecule has 1 N–H and O–H groups in total. The lowest BCUT2D eigenvalue weighted by Gasteiger charge is -2.05. The molecule has 1 amide bonds. The molecule has 3 heteroatoms. The van der Waals surface area contributed by atoms with E-state index in [2.05, 4.69) is 28.2 Å². The van der Waals surface area contributed by atoms with Crippen molar-refractivity contribution in [2.45, 2.75) is 58.3 Å². The molecule has 106 valence electrons. The first kappa shape index (κ1) is 16.2. The number of hydrogen-bond acceptors (Lipinski definition) is 1. The van der Waals surface area contributed by atoms with E-state index in [1.807, 2.05) is 24.3 Å². The van der Waals surface area contributed by atoms with Crippen molar-refractivity contribution >= 4 is 27.5 Å². The predicted octanol–water partition coefficient (Wildman–Crippen LogP) is 5.53. The first-order valence-electron chi connectivity index (χ1n) is 7.28. The van der Waals surface area contributed by atoms with Crippen LogP contribution in [0.1, 0.15) is 58.3 Å². The molecule has 0 radical (unpaired) electrons. The smallest absolute Gasteiger partial charge is 0.224 e. The van der Waals surface area contributed by atoms with Crippen LogP contribution in [0.4, 0.5) is 5.69 Å². The third kappa shape index (κ3) is 8.04. The lowest BCUT2D eigenvalue weighted by Crippen LogP contribution is -2.10. The highest BCUT2D eigenvalue weighted by Gasteiger charge is 2.02. The maximum Gasteiger partial charge on any atom is 0.224 e. The second-order valence-corrected chi connectivity index (χ2v) is 5.84. The molecule has 19 heavy (non-hydrogen) atoms. The van der Waals surface area contributed by atoms with Gasteiger partial charge in [0.15, 0.2) is 0 Å². The van der Waals surface area contributed by atoms with Gasteiger partial charge in [-0.05, 0) is 30.7 Å². The van der Waals surface area contributed by atoms with Crippen molar-refractivity contribution in [3.63, 3.8) is 0 Å². The fourth-order valence-corrected chi connectivity index (χ4v) is 2.26. The van der Waals surface area contributed by atoms with E-state index < -0.39 is 0 Å². The number of benzene rings is 1. The fourth-order valence-electron chi connectivity index (χ4n) is 2.00. The first-order chi connectivity index (χ1) is 9.22. The van der Waals surface area contributed by atoms with Crippen molar-refractivity contribution in [3.05, 3.63) is 28.7 Å². The lowest BCUT2D eigenvalue weighted by atomic mass is 10.1. The van der Waals surface area contributed by atoms with Gasteiger partial charge in [0.05, 0.1) is 0 Å². The highest BCUT2D eigenvalue weighted by molar-refractivity contribution is 9.10. The van der Waals surface area contributed by atoms with Crippen LogP contribution in [0, 0.1) is 0 Å². The summed E-state index contributed by atoms with van der Waals surface area (Å²) in [5.41, 5.74) is 0.871. The SMILES string of the molecule is CCCCCCCCCC(=O)Nc1ccc(Br)cc1. The van der Waals surface area contributed by atoms with Crippen molar-refractivity contribution in [1.82, 2.24) is 0 Å². The topological polar surface area (TPSA) is 29.1 Å². The summed E-state index contributed by atoms with van der Waals surface area (Å²) in [4.78, 5) is 11.7. The Labute approximate surface area is 125 Å². The molecular weight excluding hydrogens is 302 g/mol. The Bertz CT molecular complexity index is 362. The minimum Gasteiger partial charge on any atom is -0.326 e. The molecule has 0 bridgehead atoms. The standard InChI is InChI=1S/C16H24BrNO/c1-2-3-4-5-6-7-8-9-16(19)18-15-12-10-14(17)11-13-15/h10-13H,2-9H2,1H3,(H,18,19). The summed E-state index contributed by atoms with van der Waals surface area (Å²) in [7, 11) is 0. The van der Waals surface area contributed by atoms with E-state index in [1.165, 1.54) is 32.1 Å². The van der Waals surface area contributed by atoms with Crippen molar-refractivity contribution in [2.75, 3.05) is 5.32 Å². The number of carbonyl (C=O) groups is 1. The molecule has 0 aliphatic rings. The van der Waals surface area contributed by atoms with Gasteiger partial charge in [-0.1, -0.05) is 61.4 Å². The summed E-state index contributed by atoms with van der Waals surface area (Å²) in [5, 5.41) is 2.92. The van der Waals surface area contributed by atoms with Gasteiger partial charge in [0, 0.05) is 16.6 Å². The maximum atomic E-state index is 11.7. The van der Waals surface area contributed by atoms with E-state index >= 15 is 0 Å². The summed E-state index contributed by atoms with van der Waals surface area (Å²) in [6.45, 7) is 2.23. The number of hydrogen-bond donors (Lipinski definition) is 1. The van der Waals surface area contributed by atoms with Gasteiger partial charge in [0.25, 0.3) is 0 Å². The zero-order chi connectivity index (χ0) is 13.9. The van der Waals surface area contributed by atoms with Crippen molar-refractivity contribution in [2.24, 2.45) is 0 Å². The Balaban J connectivity index is 2.06. The summed E-state index contributed by atoms with van der Waals surface area (Å²) >= 11 is 3.38. The molecule has 0 atom stereocenters. The average molecular weight is 326 g/mol. The molecule has 1 aromatic carbocycles. The van der Waals surface area contributed by atoms with Crippen LogP contribution in [0.25, 0.3) is 0 Å². The van der Waals surface area contributed by atoms with Crippen molar-refractivity contribution in [3.8, 4) is 0 Å². The van der Waals surface area contributed by atoms with E-state index in [-0.39, 0.29) is 5.91 Å². The van der Waals surface area contributed by atoms with Crippen LogP contribution in [0.5, 0.6) is 0 Å². The summed E-state index contributed by atoms with van der Waals surface area (Å²) < 4.78 is 1.03. The second-order valence-electron chi connectivity index (χ2n) is 4.93. The summed E-state index contributed by atoms with van der Waals surface area (Å²) in [5.74, 6) is 0.121. The Hall–Kier alpha value is -0.830. The molecule has 0 aliphatic carbocycles. The number of amides is 1. The summed E-state index contributed by atoms with van der Waals surface area (Å²) in [6, 6.07) is 7.69. The van der Waals surface area contributed by atoms with Crippen LogP contribution >= 0.6 is 15.9 Å². The number of rotatable bonds is 9. The molecule has 0 fully saturated rings. The fraction of sp³-hybridized carbons (Fsp3) is 0.562. The molecule has 0 aliphatic heterocycles. The molecule has 0 saturated carbocycles. The van der Waals surface area contributed by atoms with Gasteiger partial charge in [-0.25, -0.2) is 0 Å². The number of halogens is 1. The highest BCUT2D eigenvalue weighted by Crippen LogP contribution is 2.15. The Morgan fingerprint density at radius 2 is 1.58 bits per heavy atom. The molecule has 0 unspecified atom stereocenters. The van der Waals surface area contributed by atoms with Gasteiger partial charge >= 0.3 is 0 Å². The quantitative estimate of drug-likeness (QED) is 0.594. The highest BCUT2D eigenvalue weighted by atomic mass is 79.9. The van der Waals surface area contributed by atoms with E-state index in [9.17, 15) is 4.79 Å². The Morgan fingerprint density at radius 1 is 1.00 bits per heavy atom. The molecule has 2 nitrogen and oxygen atoms in total. The number of nitrogens with one attached hydrogen (secondary N) is 1. The van der Waals surface area contributed by atoms with Gasteiger partial charge in [-0.2, -0.15) is 0 Å². The minimum atomic E-state index is 0.121. The van der Waals surface area contributed by atoms with Crippen LogP contribution in [0.15, 0.2) is 28.7 Å². The van der Waals surface area contributed by atoms with Crippen LogP contribution < -0.4 is 5.32 Å². The zero-order valence-corrected chi connectivity index (χ0v) is 13.3. The van der Waals surface area contributed by atoms with Crippen molar-refractivity contribution in [1.29, 1.82) is 0 Å². The van der Waals surface area contributed by atoms with Gasteiger partial charge in [0.1, 0.15) is 0 Å². The number of carbonyl (C=O) groups excluding carboxylic acids is 1. The van der Waals surface area contributed by atoms with Gasteiger partial charge in [-0.3, -0.25) is 4.79 Å². The number of unbranched alkanes of at least 4 members (excludes halogenated alkanes) is 6. The van der Waals surface area contributed by atoms with Crippen LogP contribution in [0.3, 0.4) is 0 Å². The third-order valence-corrected chi connectivity index (χ3v) is 3.66. The van der Waals surface area contributed by atoms with E-state index in [1.54, 1.807) is 0 Å². The minimum absolute atomic E-state index is 0.121. The van der Waals surface area contributed by atoms with Crippen LogP contribution in [0.2, 0.25) is 0 Å². The van der Waals surface area contributed by atoms with Gasteiger partial charge < -0.3 is 5.32 Å². The zero-order valence-electron chi connectivity index (χ0n) is 11.8. The van der Waals surface area contributed by atoms with E-state index in [4.69, 9.17) is 0 Å². The van der Waals surface area contributed by atoms with Crippen molar-refractivity contribution < 1.29 is 4.79 Å². The van der Waals surface area contributed by atoms with Crippen LogP contribution in [-0.4, -0.2) is 5.91 Å². The number of anilines is 1. The van der Waals surface area contributed by atoms with Gasteiger partial charge in [-0.15, -0.1) is 0 Å². The molecule has 0 aromatic heterocycles. The first-order valence-corrected chi connectivity index (χ1v) is 8.07. The lowest BCUT2D eigenvalue weighted by molar-refractivity contribution is -0.116. The maximum absolute atomic E-state index is 11.7. The third-order valence-electron chi connectivity index (χ3n) is 3.14. The Morgan fingerprint density at radius 3 is 2.21 bits per heavy atom. The predicted molar refractivity (Wildman–Crippen MR) is 85.4 cm³/mol. The van der Waals surface area contributed by atoms with Gasteiger partial charge in [0.2, 0.25) is 5.91 Å². The monoisotopic (exact) mass is 325 g/mol. The second kappa shape index (κ2) is 10.0. The normalized spacial score (nSPS) is 10.4. The average Bonchev–Trinajstić information content (AvgIpc) is 2.40. The molecule has 0 spiro atoms. The molecule has 0 heterocycles. The molecule has 1 rings (SSSR count). The Kier molecular flexibility index (Phi) is 8.55. The molecule has 1 aromatic rings. The summed E-state index contributed by atoms with van der Waals surface area (Å²) in [6.07, 6.45) is 9.31. The molecular formula is C16H24BrNO. The van der Waals surface area contributed by atoms with E-state index in [0.717, 1.165) is 23.0 Å². The molecule has 0 saturated heterocycles.